The number of halogens is 3. The predicted octanol–water partition coefficient (Wildman–Crippen LogP) is 3.03. The van der Waals surface area contributed by atoms with E-state index < -0.39 is 12.8 Å². The summed E-state index contributed by atoms with van der Waals surface area (Å²) < 4.78 is 41.2. The van der Waals surface area contributed by atoms with Gasteiger partial charge in [0.25, 0.3) is 0 Å². The smallest absolute Gasteiger partial charge is 0.422 e. The molecular weight excluding hydrogens is 271 g/mol. The first kappa shape index (κ1) is 14.1. The van der Waals surface area contributed by atoms with E-state index in [0.717, 1.165) is 0 Å². The largest absolute Gasteiger partial charge is 0.482 e. The number of ether oxygens (including phenoxy) is 1. The standard InChI is InChI=1S/C13H12F3N3O/c14-13(15,16)9-20-12-4-2-1-3-11(12)19-8-10-7-17-5-6-18-10/h1-7,19H,8-9H2. The summed E-state index contributed by atoms with van der Waals surface area (Å²) in [7, 11) is 0. The fourth-order valence-corrected chi connectivity index (χ4v) is 1.51. The summed E-state index contributed by atoms with van der Waals surface area (Å²) >= 11 is 0. The maximum absolute atomic E-state index is 12.2. The van der Waals surface area contributed by atoms with E-state index in [2.05, 4.69) is 15.3 Å². The van der Waals surface area contributed by atoms with Crippen molar-refractivity contribution < 1.29 is 17.9 Å². The van der Waals surface area contributed by atoms with Crippen molar-refractivity contribution in [2.45, 2.75) is 12.7 Å². The van der Waals surface area contributed by atoms with E-state index in [1.54, 1.807) is 36.8 Å². The Morgan fingerprint density at radius 3 is 2.65 bits per heavy atom. The van der Waals surface area contributed by atoms with Crippen LogP contribution in [0.1, 0.15) is 5.69 Å². The maximum atomic E-state index is 12.2. The molecule has 1 heterocycles. The molecule has 7 heteroatoms. The number of benzene rings is 1. The van der Waals surface area contributed by atoms with Crippen molar-refractivity contribution in [3.05, 3.63) is 48.5 Å². The van der Waals surface area contributed by atoms with Crippen LogP contribution in [0.5, 0.6) is 5.75 Å². The molecule has 0 aliphatic rings. The Morgan fingerprint density at radius 1 is 1.15 bits per heavy atom. The second-order valence-electron chi connectivity index (χ2n) is 3.95. The second kappa shape index (κ2) is 6.23. The van der Waals surface area contributed by atoms with Crippen molar-refractivity contribution in [2.75, 3.05) is 11.9 Å². The third-order valence-corrected chi connectivity index (χ3v) is 2.36. The Balaban J connectivity index is 2.01. The topological polar surface area (TPSA) is 47.0 Å². The first-order valence-electron chi connectivity index (χ1n) is 5.82. The minimum Gasteiger partial charge on any atom is -0.482 e. The van der Waals surface area contributed by atoms with Crippen LogP contribution in [0.3, 0.4) is 0 Å². The Kier molecular flexibility index (Phi) is 4.39. The van der Waals surface area contributed by atoms with E-state index in [1.165, 1.54) is 6.07 Å². The molecule has 20 heavy (non-hydrogen) atoms. The molecule has 106 valence electrons. The Hall–Kier alpha value is -2.31. The van der Waals surface area contributed by atoms with Crippen molar-refractivity contribution in [3.63, 3.8) is 0 Å². The third kappa shape index (κ3) is 4.42. The van der Waals surface area contributed by atoms with Gasteiger partial charge in [0.05, 0.1) is 24.1 Å². The van der Waals surface area contributed by atoms with Crippen LogP contribution in [0.25, 0.3) is 0 Å². The summed E-state index contributed by atoms with van der Waals surface area (Å²) in [4.78, 5) is 7.97. The number of aromatic nitrogens is 2. The lowest BCUT2D eigenvalue weighted by Crippen LogP contribution is -2.19. The zero-order chi connectivity index (χ0) is 14.4. The molecule has 0 atom stereocenters. The highest BCUT2D eigenvalue weighted by Gasteiger charge is 2.28. The maximum Gasteiger partial charge on any atom is 0.422 e. The minimum absolute atomic E-state index is 0.147. The number of rotatable bonds is 5. The minimum atomic E-state index is -4.36. The van der Waals surface area contributed by atoms with Gasteiger partial charge in [-0.25, -0.2) is 0 Å². The lowest BCUT2D eigenvalue weighted by atomic mass is 10.3. The summed E-state index contributed by atoms with van der Waals surface area (Å²) in [5, 5.41) is 2.97. The number of nitrogens with zero attached hydrogens (tertiary/aromatic N) is 2. The molecule has 2 rings (SSSR count). The van der Waals surface area contributed by atoms with Crippen LogP contribution in [0.4, 0.5) is 18.9 Å². The summed E-state index contributed by atoms with van der Waals surface area (Å²) in [6, 6.07) is 6.44. The van der Waals surface area contributed by atoms with Gasteiger partial charge in [0.1, 0.15) is 5.75 Å². The zero-order valence-corrected chi connectivity index (χ0v) is 10.4. The van der Waals surface area contributed by atoms with Crippen LogP contribution >= 0.6 is 0 Å². The van der Waals surface area contributed by atoms with Gasteiger partial charge in [-0.3, -0.25) is 9.97 Å². The highest BCUT2D eigenvalue weighted by molar-refractivity contribution is 5.56. The van der Waals surface area contributed by atoms with Gasteiger partial charge >= 0.3 is 6.18 Å². The average Bonchev–Trinajstić information content (AvgIpc) is 2.44. The van der Waals surface area contributed by atoms with Gasteiger partial charge in [-0.2, -0.15) is 13.2 Å². The first-order valence-corrected chi connectivity index (χ1v) is 5.82. The van der Waals surface area contributed by atoms with Crippen molar-refractivity contribution in [3.8, 4) is 5.75 Å². The Bertz CT molecular complexity index is 546. The summed E-state index contributed by atoms with van der Waals surface area (Å²) in [5.74, 6) is 0.147. The van der Waals surface area contributed by atoms with Gasteiger partial charge in [-0.15, -0.1) is 0 Å². The SMILES string of the molecule is FC(F)(F)COc1ccccc1NCc1cnccn1. The van der Waals surface area contributed by atoms with Crippen LogP contribution in [-0.4, -0.2) is 22.8 Å². The molecular formula is C13H12F3N3O. The zero-order valence-electron chi connectivity index (χ0n) is 10.4. The van der Waals surface area contributed by atoms with Gasteiger partial charge in [-0.1, -0.05) is 12.1 Å². The monoisotopic (exact) mass is 283 g/mol. The predicted molar refractivity (Wildman–Crippen MR) is 67.4 cm³/mol. The van der Waals surface area contributed by atoms with E-state index in [0.29, 0.717) is 17.9 Å². The quantitative estimate of drug-likeness (QED) is 0.916. The summed E-state index contributed by atoms with van der Waals surface area (Å²) in [6.45, 7) is -0.975. The van der Waals surface area contributed by atoms with Crippen LogP contribution < -0.4 is 10.1 Å². The van der Waals surface area contributed by atoms with Crippen LogP contribution in [0.15, 0.2) is 42.9 Å². The third-order valence-electron chi connectivity index (χ3n) is 2.36. The summed E-state index contributed by atoms with van der Waals surface area (Å²) in [5.41, 5.74) is 1.15. The molecule has 0 amide bonds. The van der Waals surface area contributed by atoms with Crippen molar-refractivity contribution in [1.82, 2.24) is 9.97 Å². The molecule has 1 aromatic heterocycles. The van der Waals surface area contributed by atoms with Gasteiger partial charge in [0.15, 0.2) is 6.61 Å². The lowest BCUT2D eigenvalue weighted by molar-refractivity contribution is -0.153. The molecule has 0 aliphatic carbocycles. The van der Waals surface area contributed by atoms with Gasteiger partial charge < -0.3 is 10.1 Å². The van der Waals surface area contributed by atoms with Crippen LogP contribution in [0.2, 0.25) is 0 Å². The molecule has 0 saturated carbocycles. The number of hydrogen-bond acceptors (Lipinski definition) is 4. The van der Waals surface area contributed by atoms with E-state index in [-0.39, 0.29) is 5.75 Å². The Morgan fingerprint density at radius 2 is 1.95 bits per heavy atom. The highest BCUT2D eigenvalue weighted by Crippen LogP contribution is 2.26. The van der Waals surface area contributed by atoms with Gasteiger partial charge in [0.2, 0.25) is 0 Å². The molecule has 1 aromatic carbocycles. The average molecular weight is 283 g/mol. The van der Waals surface area contributed by atoms with Crippen LogP contribution in [-0.2, 0) is 6.54 Å². The Labute approximate surface area is 113 Å². The van der Waals surface area contributed by atoms with E-state index >= 15 is 0 Å². The van der Waals surface area contributed by atoms with Crippen molar-refractivity contribution in [2.24, 2.45) is 0 Å². The first-order chi connectivity index (χ1) is 9.54. The van der Waals surface area contributed by atoms with Gasteiger partial charge in [-0.05, 0) is 12.1 Å². The summed E-state index contributed by atoms with van der Waals surface area (Å²) in [6.07, 6.45) is 0.303. The lowest BCUT2D eigenvalue weighted by Gasteiger charge is -2.14. The van der Waals surface area contributed by atoms with Crippen molar-refractivity contribution in [1.29, 1.82) is 0 Å². The normalized spacial score (nSPS) is 11.2. The fraction of sp³-hybridized carbons (Fsp3) is 0.231. The molecule has 0 radical (unpaired) electrons. The molecule has 0 saturated heterocycles. The molecule has 1 N–H and O–H groups in total. The van der Waals surface area contributed by atoms with E-state index in [1.807, 2.05) is 0 Å². The fourth-order valence-electron chi connectivity index (χ4n) is 1.51. The molecule has 4 nitrogen and oxygen atoms in total. The van der Waals surface area contributed by atoms with Crippen molar-refractivity contribution >= 4 is 5.69 Å². The highest BCUT2D eigenvalue weighted by atomic mass is 19.4. The van der Waals surface area contributed by atoms with Gasteiger partial charge in [0, 0.05) is 12.4 Å². The molecule has 0 aliphatic heterocycles. The number of anilines is 1. The molecule has 2 aromatic rings. The van der Waals surface area contributed by atoms with E-state index in [9.17, 15) is 13.2 Å². The number of para-hydroxylation sites is 2. The molecule has 0 fully saturated rings. The molecule has 0 bridgehead atoms. The number of nitrogens with one attached hydrogen (secondary N) is 1. The molecule has 0 unspecified atom stereocenters. The van der Waals surface area contributed by atoms with Crippen LogP contribution in [0, 0.1) is 0 Å². The number of hydrogen-bond donors (Lipinski definition) is 1. The molecule has 0 spiro atoms. The second-order valence-corrected chi connectivity index (χ2v) is 3.95. The van der Waals surface area contributed by atoms with E-state index in [4.69, 9.17) is 4.74 Å². The number of alkyl halides is 3.